The number of halogens is 1. The van der Waals surface area contributed by atoms with Gasteiger partial charge >= 0.3 is 0 Å². The molecule has 0 aliphatic carbocycles. The normalized spacial score (nSPS) is 16.7. The molecule has 2 aromatic rings. The highest BCUT2D eigenvalue weighted by molar-refractivity contribution is 7.91. The standard InChI is InChI=1S/C19H22ClNO3S/c1-21-12-10-15(11-13-21)14-25(22,23)19-8-6-18(7-9-19)24-17-4-2-16(20)3-5-17/h2-9,15H,10-14H2,1H3. The molecular formula is C19H22ClNO3S. The van der Waals surface area contributed by atoms with Gasteiger partial charge in [0, 0.05) is 5.02 Å². The molecule has 1 fully saturated rings. The fourth-order valence-electron chi connectivity index (χ4n) is 2.99. The first-order valence-electron chi connectivity index (χ1n) is 8.37. The maximum Gasteiger partial charge on any atom is 0.178 e. The molecular weight excluding hydrogens is 358 g/mol. The van der Waals surface area contributed by atoms with Gasteiger partial charge in [-0.15, -0.1) is 0 Å². The van der Waals surface area contributed by atoms with E-state index in [2.05, 4.69) is 11.9 Å². The van der Waals surface area contributed by atoms with Crippen molar-refractivity contribution in [3.05, 3.63) is 53.6 Å². The molecule has 0 N–H and O–H groups in total. The van der Waals surface area contributed by atoms with Crippen molar-refractivity contribution in [2.45, 2.75) is 17.7 Å². The SMILES string of the molecule is CN1CCC(CS(=O)(=O)c2ccc(Oc3ccc(Cl)cc3)cc2)CC1. The number of benzene rings is 2. The van der Waals surface area contributed by atoms with Crippen molar-refractivity contribution in [3.8, 4) is 11.5 Å². The fourth-order valence-corrected chi connectivity index (χ4v) is 4.81. The minimum absolute atomic E-state index is 0.220. The Balaban J connectivity index is 1.65. The van der Waals surface area contributed by atoms with Crippen LogP contribution in [0.3, 0.4) is 0 Å². The molecule has 0 atom stereocenters. The molecule has 0 spiro atoms. The smallest absolute Gasteiger partial charge is 0.178 e. The Morgan fingerprint density at radius 3 is 2.08 bits per heavy atom. The number of rotatable bonds is 5. The van der Waals surface area contributed by atoms with E-state index in [0.717, 1.165) is 25.9 Å². The van der Waals surface area contributed by atoms with Crippen molar-refractivity contribution in [2.24, 2.45) is 5.92 Å². The number of piperidine rings is 1. The summed E-state index contributed by atoms with van der Waals surface area (Å²) < 4.78 is 30.9. The van der Waals surface area contributed by atoms with Gasteiger partial charge in [-0.25, -0.2) is 8.42 Å². The molecule has 0 radical (unpaired) electrons. The molecule has 0 unspecified atom stereocenters. The second-order valence-corrected chi connectivity index (χ2v) is 9.03. The first-order chi connectivity index (χ1) is 11.9. The summed E-state index contributed by atoms with van der Waals surface area (Å²) in [7, 11) is -1.19. The molecule has 1 aliphatic heterocycles. The third kappa shape index (κ3) is 4.97. The van der Waals surface area contributed by atoms with Crippen molar-refractivity contribution in [2.75, 3.05) is 25.9 Å². The van der Waals surface area contributed by atoms with Crippen molar-refractivity contribution >= 4 is 21.4 Å². The van der Waals surface area contributed by atoms with Crippen LogP contribution in [-0.4, -0.2) is 39.2 Å². The van der Waals surface area contributed by atoms with Crippen molar-refractivity contribution < 1.29 is 13.2 Å². The molecule has 0 bridgehead atoms. The van der Waals surface area contributed by atoms with Gasteiger partial charge in [0.05, 0.1) is 10.6 Å². The summed E-state index contributed by atoms with van der Waals surface area (Å²) in [5, 5.41) is 0.641. The first-order valence-corrected chi connectivity index (χ1v) is 10.4. The summed E-state index contributed by atoms with van der Waals surface area (Å²) in [6.07, 6.45) is 1.88. The molecule has 1 aliphatic rings. The Morgan fingerprint density at radius 1 is 1.00 bits per heavy atom. The van der Waals surface area contributed by atoms with Gasteiger partial charge < -0.3 is 9.64 Å². The van der Waals surface area contributed by atoms with Gasteiger partial charge in [-0.1, -0.05) is 11.6 Å². The van der Waals surface area contributed by atoms with Crippen LogP contribution in [0.4, 0.5) is 0 Å². The van der Waals surface area contributed by atoms with Gasteiger partial charge in [-0.05, 0) is 87.4 Å². The largest absolute Gasteiger partial charge is 0.457 e. The molecule has 4 nitrogen and oxygen atoms in total. The zero-order valence-electron chi connectivity index (χ0n) is 14.2. The Morgan fingerprint density at radius 2 is 1.52 bits per heavy atom. The highest BCUT2D eigenvalue weighted by Gasteiger charge is 2.24. The Hall–Kier alpha value is -1.56. The van der Waals surface area contributed by atoms with Gasteiger partial charge in [-0.2, -0.15) is 0 Å². The van der Waals surface area contributed by atoms with Gasteiger partial charge in [0.1, 0.15) is 11.5 Å². The minimum Gasteiger partial charge on any atom is -0.457 e. The zero-order valence-corrected chi connectivity index (χ0v) is 15.8. The van der Waals surface area contributed by atoms with Gasteiger partial charge in [0.2, 0.25) is 0 Å². The van der Waals surface area contributed by atoms with Crippen LogP contribution in [0.15, 0.2) is 53.4 Å². The molecule has 0 saturated carbocycles. The number of sulfone groups is 1. The van der Waals surface area contributed by atoms with Crippen LogP contribution in [0.1, 0.15) is 12.8 Å². The number of hydrogen-bond donors (Lipinski definition) is 0. The first kappa shape index (κ1) is 18.2. The highest BCUT2D eigenvalue weighted by atomic mass is 35.5. The van der Waals surface area contributed by atoms with Crippen molar-refractivity contribution in [1.29, 1.82) is 0 Å². The number of ether oxygens (including phenoxy) is 1. The number of hydrogen-bond acceptors (Lipinski definition) is 4. The molecule has 0 aromatic heterocycles. The second-order valence-electron chi connectivity index (χ2n) is 6.56. The lowest BCUT2D eigenvalue weighted by Crippen LogP contribution is -2.33. The Bertz CT molecular complexity index is 796. The van der Waals surface area contributed by atoms with Crippen molar-refractivity contribution in [3.63, 3.8) is 0 Å². The average molecular weight is 380 g/mol. The third-order valence-electron chi connectivity index (χ3n) is 4.53. The molecule has 1 saturated heterocycles. The maximum absolute atomic E-state index is 12.6. The highest BCUT2D eigenvalue weighted by Crippen LogP contribution is 2.26. The van der Waals surface area contributed by atoms with Gasteiger partial charge in [0.25, 0.3) is 0 Å². The fraction of sp³-hybridized carbons (Fsp3) is 0.368. The van der Waals surface area contributed by atoms with E-state index >= 15 is 0 Å². The Kier molecular flexibility index (Phi) is 5.67. The zero-order chi connectivity index (χ0) is 17.9. The molecule has 1 heterocycles. The lowest BCUT2D eigenvalue weighted by atomic mass is 10.00. The Labute approximate surface area is 154 Å². The van der Waals surface area contributed by atoms with E-state index in [1.807, 2.05) is 0 Å². The van der Waals surface area contributed by atoms with Crippen LogP contribution in [0.2, 0.25) is 5.02 Å². The van der Waals surface area contributed by atoms with Crippen LogP contribution in [0.25, 0.3) is 0 Å². The number of likely N-dealkylation sites (tertiary alicyclic amines) is 1. The van der Waals surface area contributed by atoms with E-state index in [1.54, 1.807) is 48.5 Å². The van der Waals surface area contributed by atoms with E-state index in [-0.39, 0.29) is 11.7 Å². The summed E-state index contributed by atoms with van der Waals surface area (Å²) in [5.74, 6) is 1.72. The van der Waals surface area contributed by atoms with E-state index < -0.39 is 9.84 Å². The summed E-state index contributed by atoms with van der Waals surface area (Å²) in [4.78, 5) is 2.60. The van der Waals surface area contributed by atoms with Crippen LogP contribution < -0.4 is 4.74 Å². The summed E-state index contributed by atoms with van der Waals surface area (Å²) in [5.41, 5.74) is 0. The molecule has 3 rings (SSSR count). The van der Waals surface area contributed by atoms with Crippen molar-refractivity contribution in [1.82, 2.24) is 4.90 Å². The maximum atomic E-state index is 12.6. The molecule has 6 heteroatoms. The van der Waals surface area contributed by atoms with E-state index in [1.165, 1.54) is 0 Å². The summed E-state index contributed by atoms with van der Waals surface area (Å²) in [6, 6.07) is 13.7. The van der Waals surface area contributed by atoms with E-state index in [9.17, 15) is 8.42 Å². The van der Waals surface area contributed by atoms with Crippen LogP contribution in [0.5, 0.6) is 11.5 Å². The predicted octanol–water partition coefficient (Wildman–Crippen LogP) is 4.25. The molecule has 25 heavy (non-hydrogen) atoms. The lowest BCUT2D eigenvalue weighted by Gasteiger charge is -2.28. The van der Waals surface area contributed by atoms with Crippen LogP contribution in [0, 0.1) is 5.92 Å². The van der Waals surface area contributed by atoms with Crippen LogP contribution >= 0.6 is 11.6 Å². The molecule has 0 amide bonds. The summed E-state index contributed by atoms with van der Waals surface area (Å²) in [6.45, 7) is 1.93. The summed E-state index contributed by atoms with van der Waals surface area (Å²) >= 11 is 5.85. The van der Waals surface area contributed by atoms with Gasteiger partial charge in [-0.3, -0.25) is 0 Å². The molecule has 2 aromatic carbocycles. The van der Waals surface area contributed by atoms with E-state index in [4.69, 9.17) is 16.3 Å². The topological polar surface area (TPSA) is 46.6 Å². The third-order valence-corrected chi connectivity index (χ3v) is 6.68. The predicted molar refractivity (Wildman–Crippen MR) is 100 cm³/mol. The monoisotopic (exact) mass is 379 g/mol. The quantitative estimate of drug-likeness (QED) is 0.779. The second kappa shape index (κ2) is 7.77. The van der Waals surface area contributed by atoms with Gasteiger partial charge in [0.15, 0.2) is 9.84 Å². The average Bonchev–Trinajstić information content (AvgIpc) is 2.59. The van der Waals surface area contributed by atoms with E-state index in [0.29, 0.717) is 21.4 Å². The lowest BCUT2D eigenvalue weighted by molar-refractivity contribution is 0.231. The minimum atomic E-state index is -3.26. The number of nitrogens with zero attached hydrogens (tertiary/aromatic N) is 1. The molecule has 134 valence electrons. The van der Waals surface area contributed by atoms with Crippen LogP contribution in [-0.2, 0) is 9.84 Å².